The molecular weight excluding hydrogens is 416 g/mol. The topological polar surface area (TPSA) is 109 Å². The lowest BCUT2D eigenvalue weighted by molar-refractivity contribution is 0.374. The average Bonchev–Trinajstić information content (AvgIpc) is 3.47. The van der Waals surface area contributed by atoms with Gasteiger partial charge in [-0.1, -0.05) is 48.5 Å². The van der Waals surface area contributed by atoms with Gasteiger partial charge in [0.25, 0.3) is 5.56 Å². The van der Waals surface area contributed by atoms with Gasteiger partial charge >= 0.3 is 0 Å². The zero-order valence-corrected chi connectivity index (χ0v) is 18.7. The summed E-state index contributed by atoms with van der Waals surface area (Å²) in [7, 11) is 1.84. The van der Waals surface area contributed by atoms with Crippen molar-refractivity contribution < 1.29 is 4.52 Å². The van der Waals surface area contributed by atoms with Crippen molar-refractivity contribution in [2.24, 2.45) is 7.05 Å². The zero-order chi connectivity index (χ0) is 22.0. The summed E-state index contributed by atoms with van der Waals surface area (Å²) in [6.07, 6.45) is 2.87. The molecule has 0 amide bonds. The normalized spacial score (nSPS) is 12.4. The standard InChI is InChI=1S/C20H24N8O2S/c1-5-6-12-16-21-18(30-23-16)14(3)31-20-22-24-25-27(20)17-13(2)26(4)28(19(17)29)15-10-8-7-9-11-15/h7-11,14H,5-6,12H2,1-4H3. The number of tetrazole rings is 1. The van der Waals surface area contributed by atoms with E-state index < -0.39 is 0 Å². The molecule has 3 aromatic heterocycles. The number of thioether (sulfide) groups is 1. The highest BCUT2D eigenvalue weighted by Crippen LogP contribution is 2.33. The maximum absolute atomic E-state index is 13.3. The van der Waals surface area contributed by atoms with Crippen LogP contribution in [-0.4, -0.2) is 39.7 Å². The molecule has 4 rings (SSSR count). The quantitative estimate of drug-likeness (QED) is 0.385. The molecule has 0 spiro atoms. The van der Waals surface area contributed by atoms with Crippen molar-refractivity contribution in [3.05, 3.63) is 58.1 Å². The molecule has 162 valence electrons. The van der Waals surface area contributed by atoms with Crippen LogP contribution in [0.15, 0.2) is 44.8 Å². The Bertz CT molecular complexity index is 1220. The van der Waals surface area contributed by atoms with Gasteiger partial charge in [-0.05, 0) is 42.8 Å². The van der Waals surface area contributed by atoms with Gasteiger partial charge in [-0.25, -0.2) is 4.68 Å². The van der Waals surface area contributed by atoms with Crippen LogP contribution >= 0.6 is 11.8 Å². The van der Waals surface area contributed by atoms with Crippen molar-refractivity contribution >= 4 is 11.8 Å². The Morgan fingerprint density at radius 1 is 1.23 bits per heavy atom. The average molecular weight is 441 g/mol. The van der Waals surface area contributed by atoms with Gasteiger partial charge in [-0.15, -0.1) is 5.10 Å². The molecule has 0 saturated heterocycles. The smallest absolute Gasteiger partial charge is 0.297 e. The summed E-state index contributed by atoms with van der Waals surface area (Å²) < 4.78 is 10.3. The van der Waals surface area contributed by atoms with Crippen LogP contribution in [0.3, 0.4) is 0 Å². The number of benzene rings is 1. The highest BCUT2D eigenvalue weighted by molar-refractivity contribution is 7.99. The maximum atomic E-state index is 13.3. The predicted molar refractivity (Wildman–Crippen MR) is 116 cm³/mol. The number of hydrogen-bond donors (Lipinski definition) is 0. The minimum absolute atomic E-state index is 0.173. The van der Waals surface area contributed by atoms with Gasteiger partial charge in [0.05, 0.1) is 16.6 Å². The van der Waals surface area contributed by atoms with Gasteiger partial charge in [0.1, 0.15) is 0 Å². The lowest BCUT2D eigenvalue weighted by Crippen LogP contribution is -2.22. The predicted octanol–water partition coefficient (Wildman–Crippen LogP) is 3.04. The first-order chi connectivity index (χ1) is 15.0. The third kappa shape index (κ3) is 4.05. The first kappa shape index (κ1) is 21.0. The fourth-order valence-electron chi connectivity index (χ4n) is 3.27. The first-order valence-corrected chi connectivity index (χ1v) is 11.0. The van der Waals surface area contributed by atoms with Crippen LogP contribution in [0.1, 0.15) is 49.3 Å². The molecule has 31 heavy (non-hydrogen) atoms. The fourth-order valence-corrected chi connectivity index (χ4v) is 4.09. The Balaban J connectivity index is 1.65. The maximum Gasteiger partial charge on any atom is 0.297 e. The van der Waals surface area contributed by atoms with E-state index in [1.165, 1.54) is 16.4 Å². The second-order valence-electron chi connectivity index (χ2n) is 7.20. The number of para-hydroxylation sites is 1. The molecule has 0 radical (unpaired) electrons. The number of aromatic nitrogens is 8. The largest absolute Gasteiger partial charge is 0.338 e. The van der Waals surface area contributed by atoms with E-state index in [9.17, 15) is 4.79 Å². The van der Waals surface area contributed by atoms with Gasteiger partial charge < -0.3 is 4.52 Å². The highest BCUT2D eigenvalue weighted by atomic mass is 32.2. The van der Waals surface area contributed by atoms with Crippen LogP contribution in [0.4, 0.5) is 0 Å². The molecule has 1 aromatic carbocycles. The third-order valence-corrected chi connectivity index (χ3v) is 6.06. The van der Waals surface area contributed by atoms with Gasteiger partial charge in [-0.3, -0.25) is 9.48 Å². The van der Waals surface area contributed by atoms with Gasteiger partial charge in [0.15, 0.2) is 11.5 Å². The molecule has 3 heterocycles. The van der Waals surface area contributed by atoms with E-state index in [1.807, 2.05) is 51.2 Å². The summed E-state index contributed by atoms with van der Waals surface area (Å²) in [5.74, 6) is 1.21. The summed E-state index contributed by atoms with van der Waals surface area (Å²) in [5.41, 5.74) is 1.72. The molecule has 0 N–H and O–H groups in total. The molecule has 4 aromatic rings. The van der Waals surface area contributed by atoms with Crippen molar-refractivity contribution in [3.8, 4) is 11.4 Å². The van der Waals surface area contributed by atoms with Crippen molar-refractivity contribution in [1.29, 1.82) is 0 Å². The monoisotopic (exact) mass is 440 g/mol. The molecular formula is C20H24N8O2S. The summed E-state index contributed by atoms with van der Waals surface area (Å²) in [6, 6.07) is 9.46. The molecule has 0 aliphatic heterocycles. The number of rotatable bonds is 8. The van der Waals surface area contributed by atoms with Crippen LogP contribution in [0.5, 0.6) is 0 Å². The Labute approximate surface area is 183 Å². The summed E-state index contributed by atoms with van der Waals surface area (Å²) in [6.45, 7) is 5.94. The molecule has 1 atom stereocenters. The molecule has 11 heteroatoms. The number of aryl methyl sites for hydroxylation is 1. The fraction of sp³-hybridized carbons (Fsp3) is 0.400. The van der Waals surface area contributed by atoms with Crippen LogP contribution in [-0.2, 0) is 13.5 Å². The van der Waals surface area contributed by atoms with Crippen LogP contribution in [0.2, 0.25) is 0 Å². The molecule has 0 saturated carbocycles. The van der Waals surface area contributed by atoms with Crippen molar-refractivity contribution in [3.63, 3.8) is 0 Å². The van der Waals surface area contributed by atoms with E-state index in [0.29, 0.717) is 22.6 Å². The summed E-state index contributed by atoms with van der Waals surface area (Å²) in [5, 5.41) is 16.4. The van der Waals surface area contributed by atoms with Crippen molar-refractivity contribution in [1.82, 2.24) is 39.7 Å². The van der Waals surface area contributed by atoms with Crippen LogP contribution < -0.4 is 5.56 Å². The van der Waals surface area contributed by atoms with Gasteiger partial charge in [-0.2, -0.15) is 9.67 Å². The van der Waals surface area contributed by atoms with Crippen LogP contribution in [0.25, 0.3) is 11.4 Å². The van der Waals surface area contributed by atoms with Crippen molar-refractivity contribution in [2.45, 2.75) is 50.4 Å². The minimum Gasteiger partial charge on any atom is -0.338 e. The zero-order valence-electron chi connectivity index (χ0n) is 17.9. The second-order valence-corrected chi connectivity index (χ2v) is 8.50. The third-order valence-electron chi connectivity index (χ3n) is 5.04. The SMILES string of the molecule is CCCCc1noc(C(C)Sc2nnnn2-c2c(C)n(C)n(-c3ccccc3)c2=O)n1. The number of nitrogens with zero attached hydrogens (tertiary/aromatic N) is 8. The van der Waals surface area contributed by atoms with Crippen molar-refractivity contribution in [2.75, 3.05) is 0 Å². The van der Waals surface area contributed by atoms with E-state index in [1.54, 1.807) is 9.36 Å². The molecule has 0 aliphatic carbocycles. The highest BCUT2D eigenvalue weighted by Gasteiger charge is 2.24. The van der Waals surface area contributed by atoms with E-state index in [-0.39, 0.29) is 10.8 Å². The Hall–Kier alpha value is -3.21. The second kappa shape index (κ2) is 8.88. The Kier molecular flexibility index (Phi) is 6.03. The first-order valence-electron chi connectivity index (χ1n) is 10.1. The molecule has 0 aliphatic rings. The molecule has 0 bridgehead atoms. The van der Waals surface area contributed by atoms with E-state index in [2.05, 4.69) is 32.6 Å². The number of unbranched alkanes of at least 4 members (excludes halogenated alkanes) is 1. The number of hydrogen-bond acceptors (Lipinski definition) is 8. The van der Waals surface area contributed by atoms with Crippen LogP contribution in [0, 0.1) is 6.92 Å². The van der Waals surface area contributed by atoms with E-state index in [4.69, 9.17) is 4.52 Å². The van der Waals surface area contributed by atoms with Gasteiger partial charge in [0, 0.05) is 13.5 Å². The lowest BCUT2D eigenvalue weighted by atomic mass is 10.2. The van der Waals surface area contributed by atoms with Gasteiger partial charge in [0.2, 0.25) is 11.0 Å². The Morgan fingerprint density at radius 2 is 2.00 bits per heavy atom. The Morgan fingerprint density at radius 3 is 2.74 bits per heavy atom. The van der Waals surface area contributed by atoms with E-state index >= 15 is 0 Å². The summed E-state index contributed by atoms with van der Waals surface area (Å²) in [4.78, 5) is 17.8. The molecule has 1 unspecified atom stereocenters. The molecule has 0 fully saturated rings. The minimum atomic E-state index is -0.201. The lowest BCUT2D eigenvalue weighted by Gasteiger charge is -2.07. The molecule has 10 nitrogen and oxygen atoms in total. The van der Waals surface area contributed by atoms with E-state index in [0.717, 1.165) is 30.6 Å². The summed E-state index contributed by atoms with van der Waals surface area (Å²) >= 11 is 1.36.